The zero-order valence-electron chi connectivity index (χ0n) is 10.8. The second-order valence-corrected chi connectivity index (χ2v) is 4.92. The first-order valence-corrected chi connectivity index (χ1v) is 6.68. The molecular weight excluding hydrogens is 279 g/mol. The number of carbonyl (C=O) groups excluding carboxylic acids is 1. The lowest BCUT2D eigenvalue weighted by Gasteiger charge is -2.10. The van der Waals surface area contributed by atoms with Crippen LogP contribution >= 0.6 is 11.6 Å². The number of benzene rings is 2. The molecule has 0 aliphatic carbocycles. The number of hydrogen-bond donors (Lipinski definition) is 0. The zero-order valence-corrected chi connectivity index (χ0v) is 11.5. The maximum atomic E-state index is 12.8. The average Bonchev–Trinajstić information content (AvgIpc) is 2.48. The summed E-state index contributed by atoms with van der Waals surface area (Å²) in [5.74, 6) is -0.786. The summed E-state index contributed by atoms with van der Waals surface area (Å²) in [4.78, 5) is 11.8. The van der Waals surface area contributed by atoms with Crippen molar-refractivity contribution in [3.8, 4) is 0 Å². The fourth-order valence-corrected chi connectivity index (χ4v) is 1.97. The highest BCUT2D eigenvalue weighted by Crippen LogP contribution is 2.12. The molecule has 0 radical (unpaired) electrons. The van der Waals surface area contributed by atoms with Crippen molar-refractivity contribution in [1.29, 1.82) is 0 Å². The summed E-state index contributed by atoms with van der Waals surface area (Å²) < 4.78 is 17.9. The molecular formula is C16H14ClFO2. The SMILES string of the molecule is O=C(OCc1ccccc1)[C@@H](Cl)Cc1ccc(F)cc1. The lowest BCUT2D eigenvalue weighted by molar-refractivity contribution is -0.144. The van der Waals surface area contributed by atoms with Gasteiger partial charge in [-0.15, -0.1) is 11.6 Å². The van der Waals surface area contributed by atoms with Crippen LogP contribution in [0.4, 0.5) is 4.39 Å². The molecule has 0 saturated heterocycles. The second kappa shape index (κ2) is 7.06. The molecule has 1 atom stereocenters. The van der Waals surface area contributed by atoms with Crippen molar-refractivity contribution in [1.82, 2.24) is 0 Å². The molecule has 0 aromatic heterocycles. The topological polar surface area (TPSA) is 26.3 Å². The van der Waals surface area contributed by atoms with Crippen LogP contribution in [0.2, 0.25) is 0 Å². The maximum absolute atomic E-state index is 12.8. The fraction of sp³-hybridized carbons (Fsp3) is 0.188. The third-order valence-corrected chi connectivity index (χ3v) is 3.14. The van der Waals surface area contributed by atoms with Crippen LogP contribution in [-0.2, 0) is 22.6 Å². The molecule has 104 valence electrons. The van der Waals surface area contributed by atoms with Gasteiger partial charge in [0.25, 0.3) is 0 Å². The molecule has 0 unspecified atom stereocenters. The van der Waals surface area contributed by atoms with Gasteiger partial charge in [-0.3, -0.25) is 4.79 Å². The minimum absolute atomic E-state index is 0.201. The van der Waals surface area contributed by atoms with Gasteiger partial charge in [-0.2, -0.15) is 0 Å². The Balaban J connectivity index is 1.84. The Hall–Kier alpha value is -1.87. The van der Waals surface area contributed by atoms with Gasteiger partial charge in [0.05, 0.1) is 0 Å². The Kier molecular flexibility index (Phi) is 5.13. The number of alkyl halides is 1. The number of hydrogen-bond acceptors (Lipinski definition) is 2. The Morgan fingerprint density at radius 2 is 1.70 bits per heavy atom. The van der Waals surface area contributed by atoms with E-state index in [1.54, 1.807) is 12.1 Å². The van der Waals surface area contributed by atoms with E-state index in [1.165, 1.54) is 12.1 Å². The summed E-state index contributed by atoms with van der Waals surface area (Å²) in [6.45, 7) is 0.201. The van der Waals surface area contributed by atoms with E-state index in [4.69, 9.17) is 16.3 Å². The fourth-order valence-electron chi connectivity index (χ4n) is 1.73. The van der Waals surface area contributed by atoms with E-state index in [9.17, 15) is 9.18 Å². The number of halogens is 2. The Morgan fingerprint density at radius 1 is 1.05 bits per heavy atom. The van der Waals surface area contributed by atoms with Crippen LogP contribution in [0.5, 0.6) is 0 Å². The molecule has 2 aromatic rings. The smallest absolute Gasteiger partial charge is 0.324 e. The van der Waals surface area contributed by atoms with E-state index in [0.717, 1.165) is 11.1 Å². The van der Waals surface area contributed by atoms with Crippen LogP contribution in [-0.4, -0.2) is 11.3 Å². The Bertz CT molecular complexity index is 554. The van der Waals surface area contributed by atoms with Crippen LogP contribution in [0.1, 0.15) is 11.1 Å². The number of rotatable bonds is 5. The summed E-state index contributed by atoms with van der Waals surface area (Å²) in [6.07, 6.45) is 0.315. The molecule has 20 heavy (non-hydrogen) atoms. The van der Waals surface area contributed by atoms with Crippen molar-refractivity contribution in [3.05, 3.63) is 71.5 Å². The Labute approximate surface area is 122 Å². The minimum atomic E-state index is -0.774. The molecule has 2 nitrogen and oxygen atoms in total. The standard InChI is InChI=1S/C16H14ClFO2/c17-15(10-12-6-8-14(18)9-7-12)16(19)20-11-13-4-2-1-3-5-13/h1-9,15H,10-11H2/t15-/m0/s1. The van der Waals surface area contributed by atoms with Crippen molar-refractivity contribution in [2.24, 2.45) is 0 Å². The van der Waals surface area contributed by atoms with Crippen molar-refractivity contribution >= 4 is 17.6 Å². The minimum Gasteiger partial charge on any atom is -0.460 e. The largest absolute Gasteiger partial charge is 0.460 e. The molecule has 0 fully saturated rings. The summed E-state index contributed by atoms with van der Waals surface area (Å²) in [6, 6.07) is 15.3. The van der Waals surface area contributed by atoms with Crippen molar-refractivity contribution in [3.63, 3.8) is 0 Å². The second-order valence-electron chi connectivity index (χ2n) is 4.39. The molecule has 0 heterocycles. The van der Waals surface area contributed by atoms with Gasteiger partial charge in [0.1, 0.15) is 17.8 Å². The highest BCUT2D eigenvalue weighted by molar-refractivity contribution is 6.30. The Morgan fingerprint density at radius 3 is 2.35 bits per heavy atom. The lowest BCUT2D eigenvalue weighted by atomic mass is 10.1. The van der Waals surface area contributed by atoms with E-state index in [-0.39, 0.29) is 12.4 Å². The van der Waals surface area contributed by atoms with Gasteiger partial charge >= 0.3 is 5.97 Å². The summed E-state index contributed by atoms with van der Waals surface area (Å²) in [5, 5.41) is -0.774. The summed E-state index contributed by atoms with van der Waals surface area (Å²) in [7, 11) is 0. The van der Waals surface area contributed by atoms with E-state index in [1.807, 2.05) is 30.3 Å². The van der Waals surface area contributed by atoms with Crippen molar-refractivity contribution in [2.75, 3.05) is 0 Å². The number of carbonyl (C=O) groups is 1. The third kappa shape index (κ3) is 4.35. The van der Waals surface area contributed by atoms with Crippen LogP contribution in [0, 0.1) is 5.82 Å². The molecule has 0 aliphatic rings. The average molecular weight is 293 g/mol. The molecule has 2 aromatic carbocycles. The van der Waals surface area contributed by atoms with Gasteiger partial charge in [-0.1, -0.05) is 42.5 Å². The number of ether oxygens (including phenoxy) is 1. The van der Waals surface area contributed by atoms with Crippen LogP contribution in [0.25, 0.3) is 0 Å². The molecule has 0 spiro atoms. The monoisotopic (exact) mass is 292 g/mol. The normalized spacial score (nSPS) is 11.9. The first-order chi connectivity index (χ1) is 9.65. The maximum Gasteiger partial charge on any atom is 0.324 e. The van der Waals surface area contributed by atoms with Crippen LogP contribution in [0.15, 0.2) is 54.6 Å². The van der Waals surface area contributed by atoms with E-state index < -0.39 is 11.3 Å². The van der Waals surface area contributed by atoms with Gasteiger partial charge in [0, 0.05) is 0 Å². The van der Waals surface area contributed by atoms with Gasteiger partial charge in [0.2, 0.25) is 0 Å². The number of esters is 1. The third-order valence-electron chi connectivity index (χ3n) is 2.81. The van der Waals surface area contributed by atoms with Crippen molar-refractivity contribution in [2.45, 2.75) is 18.4 Å². The van der Waals surface area contributed by atoms with E-state index in [0.29, 0.717) is 6.42 Å². The van der Waals surface area contributed by atoms with Gasteiger partial charge in [-0.05, 0) is 29.7 Å². The molecule has 0 aliphatic heterocycles. The predicted molar refractivity (Wildman–Crippen MR) is 76.0 cm³/mol. The van der Waals surface area contributed by atoms with Crippen LogP contribution < -0.4 is 0 Å². The van der Waals surface area contributed by atoms with Gasteiger partial charge in [0.15, 0.2) is 0 Å². The molecule has 0 saturated carbocycles. The van der Waals surface area contributed by atoms with Crippen molar-refractivity contribution < 1.29 is 13.9 Å². The van der Waals surface area contributed by atoms with Crippen LogP contribution in [0.3, 0.4) is 0 Å². The van der Waals surface area contributed by atoms with E-state index >= 15 is 0 Å². The predicted octanol–water partition coefficient (Wildman–Crippen LogP) is 3.72. The van der Waals surface area contributed by atoms with E-state index in [2.05, 4.69) is 0 Å². The highest BCUT2D eigenvalue weighted by atomic mass is 35.5. The quantitative estimate of drug-likeness (QED) is 0.620. The molecule has 0 N–H and O–H groups in total. The molecule has 4 heteroatoms. The van der Waals surface area contributed by atoms with Gasteiger partial charge in [-0.25, -0.2) is 4.39 Å². The zero-order chi connectivity index (χ0) is 14.4. The molecule has 2 rings (SSSR count). The highest BCUT2D eigenvalue weighted by Gasteiger charge is 2.17. The molecule has 0 bridgehead atoms. The van der Waals surface area contributed by atoms with Gasteiger partial charge < -0.3 is 4.74 Å². The molecule has 0 amide bonds. The summed E-state index contributed by atoms with van der Waals surface area (Å²) in [5.41, 5.74) is 1.70. The summed E-state index contributed by atoms with van der Waals surface area (Å²) >= 11 is 6.00. The first-order valence-electron chi connectivity index (χ1n) is 6.24. The first kappa shape index (κ1) is 14.5. The lowest BCUT2D eigenvalue weighted by Crippen LogP contribution is -2.20.